The van der Waals surface area contributed by atoms with Crippen molar-refractivity contribution in [3.63, 3.8) is 0 Å². The molecule has 0 amide bonds. The van der Waals surface area contributed by atoms with Crippen molar-refractivity contribution in [2.24, 2.45) is 0 Å². The van der Waals surface area contributed by atoms with E-state index in [1.807, 2.05) is 12.1 Å². The van der Waals surface area contributed by atoms with E-state index >= 15 is 0 Å². The smallest absolute Gasteiger partial charge is 0.260 e. The Bertz CT molecular complexity index is 1570. The Kier molecular flexibility index (Phi) is 5.99. The summed E-state index contributed by atoms with van der Waals surface area (Å²) in [5.74, 6) is 0. The summed E-state index contributed by atoms with van der Waals surface area (Å²) in [6.07, 6.45) is 1.28. The number of nitriles is 2. The van der Waals surface area contributed by atoms with E-state index in [2.05, 4.69) is 20.6 Å². The van der Waals surface area contributed by atoms with Crippen LogP contribution in [-0.2, 0) is 0 Å². The molecule has 11 heteroatoms. The second-order valence-corrected chi connectivity index (χ2v) is 7.88. The predicted molar refractivity (Wildman–Crippen MR) is 131 cm³/mol. The molecule has 0 aliphatic heterocycles. The highest BCUT2D eigenvalue weighted by molar-refractivity contribution is 6.46. The highest BCUT2D eigenvalue weighted by Crippen LogP contribution is 2.43. The van der Waals surface area contributed by atoms with Crippen molar-refractivity contribution < 1.29 is 0 Å². The van der Waals surface area contributed by atoms with Gasteiger partial charge in [0.15, 0.2) is 0 Å². The molecule has 162 valence electrons. The molecule has 0 unspecified atom stereocenters. The van der Waals surface area contributed by atoms with Crippen molar-refractivity contribution in [3.8, 4) is 12.1 Å². The van der Waals surface area contributed by atoms with Gasteiger partial charge in [0, 0.05) is 0 Å². The first-order valence-corrected chi connectivity index (χ1v) is 10.4. The fraction of sp³-hybridized carbons (Fsp3) is 0. The molecule has 0 saturated heterocycles. The van der Waals surface area contributed by atoms with Crippen LogP contribution in [0.25, 0.3) is 10.9 Å². The number of nitrogens with two attached hydrogens (primary N) is 1. The molecule has 0 bridgehead atoms. The molecule has 5 N–H and O–H groups in total. The highest BCUT2D eigenvalue weighted by atomic mass is 35.5. The van der Waals surface area contributed by atoms with E-state index in [0.29, 0.717) is 28.3 Å². The number of H-pyrrole nitrogens is 1. The molecule has 0 atom stereocenters. The van der Waals surface area contributed by atoms with Gasteiger partial charge in [-0.2, -0.15) is 10.5 Å². The van der Waals surface area contributed by atoms with Crippen molar-refractivity contribution in [1.29, 1.82) is 10.5 Å². The first kappa shape index (κ1) is 22.3. The maximum atomic E-state index is 12.5. The minimum Gasteiger partial charge on any atom is -0.397 e. The third-order valence-corrected chi connectivity index (χ3v) is 6.06. The van der Waals surface area contributed by atoms with Gasteiger partial charge in [-0.15, -0.1) is 0 Å². The number of fused-ring (bicyclic) bond motifs is 1. The molecular formula is C22H12Cl3N7O. The van der Waals surface area contributed by atoms with Crippen LogP contribution in [0, 0.1) is 22.7 Å². The zero-order chi connectivity index (χ0) is 23.7. The Balaban J connectivity index is 1.83. The number of benzene rings is 3. The van der Waals surface area contributed by atoms with Gasteiger partial charge in [0.25, 0.3) is 5.56 Å². The number of nitrogen functional groups attached to an aromatic ring is 1. The molecule has 33 heavy (non-hydrogen) atoms. The third-order valence-electron chi connectivity index (χ3n) is 4.83. The summed E-state index contributed by atoms with van der Waals surface area (Å²) in [6, 6.07) is 14.1. The zero-order valence-electron chi connectivity index (χ0n) is 16.5. The maximum absolute atomic E-state index is 12.5. The molecule has 1 aromatic heterocycles. The number of nitrogens with zero attached hydrogens (tertiary/aromatic N) is 3. The van der Waals surface area contributed by atoms with E-state index in [1.54, 1.807) is 36.4 Å². The van der Waals surface area contributed by atoms with E-state index in [1.165, 1.54) is 6.33 Å². The lowest BCUT2D eigenvalue weighted by Gasteiger charge is -2.18. The summed E-state index contributed by atoms with van der Waals surface area (Å²) < 4.78 is 0. The number of para-hydroxylation sites is 2. The van der Waals surface area contributed by atoms with Gasteiger partial charge in [-0.1, -0.05) is 46.9 Å². The molecular weight excluding hydrogens is 485 g/mol. The van der Waals surface area contributed by atoms with Crippen LogP contribution in [-0.4, -0.2) is 9.97 Å². The Hall–Kier alpha value is -3.95. The fourth-order valence-electron chi connectivity index (χ4n) is 3.27. The Morgan fingerprint density at radius 3 is 2.21 bits per heavy atom. The average Bonchev–Trinajstić information content (AvgIpc) is 2.81. The van der Waals surface area contributed by atoms with E-state index < -0.39 is 0 Å². The average molecular weight is 497 g/mol. The first-order chi connectivity index (χ1) is 15.9. The normalized spacial score (nSPS) is 10.5. The van der Waals surface area contributed by atoms with Crippen molar-refractivity contribution in [2.75, 3.05) is 16.4 Å². The lowest BCUT2D eigenvalue weighted by atomic mass is 10.1. The molecule has 8 nitrogen and oxygen atoms in total. The maximum Gasteiger partial charge on any atom is 0.260 e. The molecule has 0 aliphatic rings. The number of rotatable bonds is 4. The summed E-state index contributed by atoms with van der Waals surface area (Å²) in [5, 5.41) is 25.3. The number of hydrogen-bond acceptors (Lipinski definition) is 7. The number of halogens is 3. The largest absolute Gasteiger partial charge is 0.397 e. The van der Waals surface area contributed by atoms with Gasteiger partial charge < -0.3 is 21.4 Å². The molecule has 3 aromatic carbocycles. The molecule has 4 rings (SSSR count). The van der Waals surface area contributed by atoms with Crippen molar-refractivity contribution in [3.05, 3.63) is 79.3 Å². The molecule has 1 heterocycles. The summed E-state index contributed by atoms with van der Waals surface area (Å²) in [5.41, 5.74) is 7.86. The van der Waals surface area contributed by atoms with Gasteiger partial charge in [-0.05, 0) is 24.3 Å². The van der Waals surface area contributed by atoms with Crippen LogP contribution in [0.3, 0.4) is 0 Å². The van der Waals surface area contributed by atoms with Crippen LogP contribution in [0.15, 0.2) is 47.5 Å². The van der Waals surface area contributed by atoms with Gasteiger partial charge in [0.1, 0.15) is 17.7 Å². The lowest BCUT2D eigenvalue weighted by molar-refractivity contribution is 1.17. The molecule has 0 aliphatic carbocycles. The molecule has 0 radical (unpaired) electrons. The van der Waals surface area contributed by atoms with Crippen LogP contribution >= 0.6 is 34.8 Å². The summed E-state index contributed by atoms with van der Waals surface area (Å²) in [4.78, 5) is 19.2. The van der Waals surface area contributed by atoms with Crippen LogP contribution in [0.1, 0.15) is 11.1 Å². The van der Waals surface area contributed by atoms with Crippen molar-refractivity contribution in [1.82, 2.24) is 9.97 Å². The van der Waals surface area contributed by atoms with Gasteiger partial charge in [-0.25, -0.2) is 4.98 Å². The predicted octanol–water partition coefficient (Wildman–Crippen LogP) is 5.70. The van der Waals surface area contributed by atoms with Gasteiger partial charge in [-0.3, -0.25) is 4.79 Å². The topological polar surface area (TPSA) is 143 Å². The third kappa shape index (κ3) is 3.88. The second kappa shape index (κ2) is 8.89. The zero-order valence-corrected chi connectivity index (χ0v) is 18.8. The summed E-state index contributed by atoms with van der Waals surface area (Å²) >= 11 is 18.8. The Morgan fingerprint density at radius 2 is 1.55 bits per heavy atom. The fourth-order valence-corrected chi connectivity index (χ4v) is 4.06. The molecule has 0 fully saturated rings. The van der Waals surface area contributed by atoms with Crippen molar-refractivity contribution in [2.45, 2.75) is 0 Å². The molecule has 0 saturated carbocycles. The summed E-state index contributed by atoms with van der Waals surface area (Å²) in [6.45, 7) is 0. The molecule has 4 aromatic rings. The Labute approximate surface area is 202 Å². The van der Waals surface area contributed by atoms with E-state index in [9.17, 15) is 15.3 Å². The number of nitrogens with one attached hydrogen (secondary N) is 3. The van der Waals surface area contributed by atoms with Gasteiger partial charge in [0.2, 0.25) is 0 Å². The standard InChI is InChI=1S/C22H12Cl3N7O/c23-17-10(7-26)18(24)19(25)20(11(17)8-27)32-14-4-2-1-3-13(14)31-15-6-5-12(28)21-16(15)22(33)30-9-29-21/h1-6,9,31-32H,28H2,(H,29,30,33). The summed E-state index contributed by atoms with van der Waals surface area (Å²) in [7, 11) is 0. The van der Waals surface area contributed by atoms with Crippen LogP contribution in [0.2, 0.25) is 15.1 Å². The number of hydrogen-bond donors (Lipinski definition) is 4. The number of aromatic amines is 1. The van der Waals surface area contributed by atoms with Gasteiger partial charge in [0.05, 0.1) is 66.3 Å². The minimum atomic E-state index is -0.360. The van der Waals surface area contributed by atoms with Gasteiger partial charge >= 0.3 is 0 Å². The highest BCUT2D eigenvalue weighted by Gasteiger charge is 2.22. The van der Waals surface area contributed by atoms with Crippen molar-refractivity contribution >= 4 is 74.1 Å². The molecule has 0 spiro atoms. The van der Waals surface area contributed by atoms with E-state index in [0.717, 1.165) is 0 Å². The minimum absolute atomic E-state index is 0.0254. The second-order valence-electron chi connectivity index (χ2n) is 6.74. The Morgan fingerprint density at radius 1 is 0.879 bits per heavy atom. The first-order valence-electron chi connectivity index (χ1n) is 9.27. The number of aromatic nitrogens is 2. The van der Waals surface area contributed by atoms with Crippen LogP contribution in [0.4, 0.5) is 28.4 Å². The van der Waals surface area contributed by atoms with E-state index in [-0.39, 0.29) is 42.8 Å². The SMILES string of the molecule is N#Cc1c(Cl)c(Cl)c(Nc2ccccc2Nc2ccc(N)c3nc[nH]c(=O)c23)c(C#N)c1Cl. The lowest BCUT2D eigenvalue weighted by Crippen LogP contribution is -2.10. The van der Waals surface area contributed by atoms with Crippen LogP contribution < -0.4 is 21.9 Å². The number of anilines is 5. The van der Waals surface area contributed by atoms with Crippen LogP contribution in [0.5, 0.6) is 0 Å². The van der Waals surface area contributed by atoms with E-state index in [4.69, 9.17) is 40.5 Å². The quantitative estimate of drug-likeness (QED) is 0.210. The monoisotopic (exact) mass is 495 g/mol.